The summed E-state index contributed by atoms with van der Waals surface area (Å²) in [5.41, 5.74) is 0. The molecule has 0 bridgehead atoms. The first-order valence-corrected chi connectivity index (χ1v) is 9.33. The van der Waals surface area contributed by atoms with Gasteiger partial charge in [0.1, 0.15) is 0 Å². The summed E-state index contributed by atoms with van der Waals surface area (Å²) in [6.45, 7) is 15.8. The normalized spacial score (nSPS) is 19.1. The molecule has 1 rings (SSSR count). The number of thioether (sulfide) groups is 1. The quantitative estimate of drug-likeness (QED) is 0.444. The maximum atomic E-state index is 4.45. The third kappa shape index (κ3) is 6.92. The lowest BCUT2D eigenvalue weighted by Crippen LogP contribution is -2.51. The van der Waals surface area contributed by atoms with Crippen LogP contribution in [0.1, 0.15) is 40.5 Å². The van der Waals surface area contributed by atoms with Gasteiger partial charge in [-0.1, -0.05) is 13.8 Å². The van der Waals surface area contributed by atoms with Crippen LogP contribution in [0.2, 0.25) is 0 Å². The monoisotopic (exact) mass is 314 g/mol. The SMILES string of the molecule is CCN(CC)CCCCNC(=NC)N1CCSC(C)(C)C1. The predicted octanol–water partition coefficient (Wildman–Crippen LogP) is 2.51. The largest absolute Gasteiger partial charge is 0.356 e. The third-order valence-corrected chi connectivity index (χ3v) is 5.31. The Balaban J connectivity index is 2.26. The van der Waals surface area contributed by atoms with Gasteiger partial charge in [0.05, 0.1) is 0 Å². The molecule has 0 aromatic heterocycles. The summed E-state index contributed by atoms with van der Waals surface area (Å²) in [6, 6.07) is 0. The molecule has 1 N–H and O–H groups in total. The molecule has 21 heavy (non-hydrogen) atoms. The van der Waals surface area contributed by atoms with Gasteiger partial charge in [-0.05, 0) is 46.3 Å². The fraction of sp³-hybridized carbons (Fsp3) is 0.938. The number of aliphatic imine (C=N–C) groups is 1. The summed E-state index contributed by atoms with van der Waals surface area (Å²) in [5, 5.41) is 3.53. The zero-order valence-corrected chi connectivity index (χ0v) is 15.4. The van der Waals surface area contributed by atoms with Crippen LogP contribution in [0, 0.1) is 0 Å². The zero-order chi connectivity index (χ0) is 15.7. The molecular formula is C16H34N4S. The maximum absolute atomic E-state index is 4.45. The summed E-state index contributed by atoms with van der Waals surface area (Å²) in [4.78, 5) is 9.34. The van der Waals surface area contributed by atoms with Crippen LogP contribution in [0.25, 0.3) is 0 Å². The highest BCUT2D eigenvalue weighted by Crippen LogP contribution is 2.29. The molecule has 4 nitrogen and oxygen atoms in total. The highest BCUT2D eigenvalue weighted by molar-refractivity contribution is 8.00. The van der Waals surface area contributed by atoms with Gasteiger partial charge in [-0.2, -0.15) is 11.8 Å². The average molecular weight is 315 g/mol. The topological polar surface area (TPSA) is 30.9 Å². The lowest BCUT2D eigenvalue weighted by Gasteiger charge is -2.39. The molecule has 0 aromatic rings. The minimum Gasteiger partial charge on any atom is -0.356 e. The minimum atomic E-state index is 0.332. The van der Waals surface area contributed by atoms with Crippen LogP contribution in [-0.4, -0.2) is 72.6 Å². The van der Waals surface area contributed by atoms with Crippen molar-refractivity contribution in [2.45, 2.75) is 45.3 Å². The first-order valence-electron chi connectivity index (χ1n) is 8.34. The Morgan fingerprint density at radius 3 is 2.57 bits per heavy atom. The maximum Gasteiger partial charge on any atom is 0.193 e. The molecule has 0 saturated carbocycles. The van der Waals surface area contributed by atoms with Gasteiger partial charge < -0.3 is 15.1 Å². The molecule has 0 atom stereocenters. The van der Waals surface area contributed by atoms with Gasteiger partial charge in [0.25, 0.3) is 0 Å². The van der Waals surface area contributed by atoms with Crippen LogP contribution in [-0.2, 0) is 0 Å². The molecule has 5 heteroatoms. The zero-order valence-electron chi connectivity index (χ0n) is 14.6. The molecule has 1 fully saturated rings. The summed E-state index contributed by atoms with van der Waals surface area (Å²) in [7, 11) is 1.90. The summed E-state index contributed by atoms with van der Waals surface area (Å²) >= 11 is 2.06. The van der Waals surface area contributed by atoms with E-state index in [1.54, 1.807) is 0 Å². The molecule has 0 unspecified atom stereocenters. The van der Waals surface area contributed by atoms with Gasteiger partial charge in [-0.15, -0.1) is 0 Å². The van der Waals surface area contributed by atoms with Crippen molar-refractivity contribution >= 4 is 17.7 Å². The molecular weight excluding hydrogens is 280 g/mol. The van der Waals surface area contributed by atoms with Gasteiger partial charge in [-0.3, -0.25) is 4.99 Å². The number of guanidine groups is 1. The lowest BCUT2D eigenvalue weighted by molar-refractivity contribution is 0.296. The molecule has 0 aliphatic carbocycles. The molecule has 0 amide bonds. The van der Waals surface area contributed by atoms with Gasteiger partial charge >= 0.3 is 0 Å². The molecule has 1 heterocycles. The van der Waals surface area contributed by atoms with Crippen molar-refractivity contribution in [3.8, 4) is 0 Å². The Hall–Kier alpha value is -0.420. The highest BCUT2D eigenvalue weighted by Gasteiger charge is 2.28. The molecule has 124 valence electrons. The van der Waals surface area contributed by atoms with E-state index in [2.05, 4.69) is 59.6 Å². The number of hydrogen-bond donors (Lipinski definition) is 1. The number of nitrogens with zero attached hydrogens (tertiary/aromatic N) is 3. The fourth-order valence-electron chi connectivity index (χ4n) is 2.73. The van der Waals surface area contributed by atoms with Gasteiger partial charge in [-0.25, -0.2) is 0 Å². The summed E-state index contributed by atoms with van der Waals surface area (Å²) in [6.07, 6.45) is 2.47. The second-order valence-corrected chi connectivity index (χ2v) is 8.04. The van der Waals surface area contributed by atoms with Crippen molar-refractivity contribution in [1.82, 2.24) is 15.1 Å². The van der Waals surface area contributed by atoms with Crippen LogP contribution in [0.5, 0.6) is 0 Å². The van der Waals surface area contributed by atoms with E-state index in [1.165, 1.54) is 25.1 Å². The van der Waals surface area contributed by atoms with Crippen molar-refractivity contribution in [2.75, 3.05) is 52.1 Å². The number of rotatable bonds is 7. The average Bonchev–Trinajstić information content (AvgIpc) is 2.46. The second-order valence-electron chi connectivity index (χ2n) is 6.24. The van der Waals surface area contributed by atoms with E-state index in [4.69, 9.17) is 0 Å². The van der Waals surface area contributed by atoms with E-state index < -0.39 is 0 Å². The molecule has 1 saturated heterocycles. The second kappa shape index (κ2) is 9.57. The Kier molecular flexibility index (Phi) is 8.49. The number of nitrogens with one attached hydrogen (secondary N) is 1. The third-order valence-electron chi connectivity index (χ3n) is 4.02. The van der Waals surface area contributed by atoms with Crippen LogP contribution in [0.4, 0.5) is 0 Å². The minimum absolute atomic E-state index is 0.332. The Morgan fingerprint density at radius 1 is 1.29 bits per heavy atom. The first kappa shape index (κ1) is 18.6. The van der Waals surface area contributed by atoms with Gasteiger partial charge in [0, 0.05) is 37.2 Å². The number of unbranched alkanes of at least 4 members (excludes halogenated alkanes) is 1. The van der Waals surface area contributed by atoms with Crippen molar-refractivity contribution in [1.29, 1.82) is 0 Å². The molecule has 0 radical (unpaired) electrons. The highest BCUT2D eigenvalue weighted by atomic mass is 32.2. The predicted molar refractivity (Wildman–Crippen MR) is 96.5 cm³/mol. The number of hydrogen-bond acceptors (Lipinski definition) is 3. The molecule has 1 aliphatic heterocycles. The molecule has 1 aliphatic rings. The van der Waals surface area contributed by atoms with Crippen molar-refractivity contribution in [3.63, 3.8) is 0 Å². The van der Waals surface area contributed by atoms with Crippen LogP contribution in [0.15, 0.2) is 4.99 Å². The van der Waals surface area contributed by atoms with Crippen LogP contribution < -0.4 is 5.32 Å². The standard InChI is InChI=1S/C16H34N4S/c1-6-19(7-2)11-9-8-10-18-15(17-5)20-12-13-21-16(3,4)14-20/h6-14H2,1-5H3,(H,17,18). The van der Waals surface area contributed by atoms with E-state index in [0.717, 1.165) is 38.7 Å². The van der Waals surface area contributed by atoms with Crippen molar-refractivity contribution in [3.05, 3.63) is 0 Å². The van der Waals surface area contributed by atoms with E-state index in [1.807, 2.05) is 7.05 Å². The van der Waals surface area contributed by atoms with Gasteiger partial charge in [0.2, 0.25) is 0 Å². The van der Waals surface area contributed by atoms with Gasteiger partial charge in [0.15, 0.2) is 5.96 Å². The summed E-state index contributed by atoms with van der Waals surface area (Å²) in [5.74, 6) is 2.27. The fourth-order valence-corrected chi connectivity index (χ4v) is 3.84. The first-order chi connectivity index (χ1) is 10.0. The van der Waals surface area contributed by atoms with Crippen molar-refractivity contribution in [2.24, 2.45) is 4.99 Å². The Labute approximate surface area is 135 Å². The van der Waals surface area contributed by atoms with Crippen molar-refractivity contribution < 1.29 is 0 Å². The van der Waals surface area contributed by atoms with Crippen LogP contribution in [0.3, 0.4) is 0 Å². The molecule has 0 aromatic carbocycles. The molecule has 0 spiro atoms. The van der Waals surface area contributed by atoms with Crippen LogP contribution >= 0.6 is 11.8 Å². The Morgan fingerprint density at radius 2 is 2.00 bits per heavy atom. The lowest BCUT2D eigenvalue weighted by atomic mass is 10.2. The smallest absolute Gasteiger partial charge is 0.193 e. The Bertz CT molecular complexity index is 313. The van der Waals surface area contributed by atoms with E-state index >= 15 is 0 Å². The van der Waals surface area contributed by atoms with E-state index in [-0.39, 0.29) is 0 Å². The summed E-state index contributed by atoms with van der Waals surface area (Å²) < 4.78 is 0.332. The van der Waals surface area contributed by atoms with E-state index in [0.29, 0.717) is 4.75 Å². The van der Waals surface area contributed by atoms with E-state index in [9.17, 15) is 0 Å².